The van der Waals surface area contributed by atoms with Gasteiger partial charge in [0.15, 0.2) is 5.82 Å². The lowest BCUT2D eigenvalue weighted by molar-refractivity contribution is 0.0938. The predicted molar refractivity (Wildman–Crippen MR) is 88.7 cm³/mol. The Balaban J connectivity index is 1.75. The number of aromatic nitrogens is 3. The Bertz CT molecular complexity index is 857. The summed E-state index contributed by atoms with van der Waals surface area (Å²) in [6, 6.07) is 13.1. The molecule has 0 bridgehead atoms. The van der Waals surface area contributed by atoms with Gasteiger partial charge in [-0.05, 0) is 30.7 Å². The second-order valence-electron chi connectivity index (χ2n) is 5.55. The molecule has 1 aromatic heterocycles. The smallest absolute Gasteiger partial charge is 0.251 e. The van der Waals surface area contributed by atoms with Crippen molar-refractivity contribution in [1.82, 2.24) is 20.1 Å². The Hall–Kier alpha value is -3.02. The molecule has 24 heavy (non-hydrogen) atoms. The van der Waals surface area contributed by atoms with Gasteiger partial charge in [0.1, 0.15) is 12.1 Å². The van der Waals surface area contributed by atoms with Crippen LogP contribution in [-0.4, -0.2) is 20.7 Å². The SMILES string of the molecule is C[C@@H](NC(=O)c1ccc(-c2ccccc2F)cc1)c1nncn1C. The van der Waals surface area contributed by atoms with Crippen LogP contribution in [0.25, 0.3) is 11.1 Å². The molecule has 0 saturated carbocycles. The summed E-state index contributed by atoms with van der Waals surface area (Å²) in [4.78, 5) is 12.3. The van der Waals surface area contributed by atoms with E-state index in [0.717, 1.165) is 5.56 Å². The molecule has 1 atom stereocenters. The van der Waals surface area contributed by atoms with Gasteiger partial charge in [-0.1, -0.05) is 30.3 Å². The third-order valence-electron chi connectivity index (χ3n) is 3.81. The van der Waals surface area contributed by atoms with Crippen molar-refractivity contribution in [2.45, 2.75) is 13.0 Å². The highest BCUT2D eigenvalue weighted by Gasteiger charge is 2.15. The number of nitrogens with one attached hydrogen (secondary N) is 1. The van der Waals surface area contributed by atoms with Crippen LogP contribution in [-0.2, 0) is 7.05 Å². The van der Waals surface area contributed by atoms with Crippen molar-refractivity contribution >= 4 is 5.91 Å². The fourth-order valence-corrected chi connectivity index (χ4v) is 2.53. The van der Waals surface area contributed by atoms with Crippen molar-refractivity contribution < 1.29 is 9.18 Å². The topological polar surface area (TPSA) is 59.8 Å². The molecule has 1 heterocycles. The zero-order valence-corrected chi connectivity index (χ0v) is 13.4. The van der Waals surface area contributed by atoms with E-state index in [1.165, 1.54) is 6.07 Å². The lowest BCUT2D eigenvalue weighted by Crippen LogP contribution is -2.28. The van der Waals surface area contributed by atoms with Crippen LogP contribution in [0.15, 0.2) is 54.9 Å². The molecule has 0 unspecified atom stereocenters. The number of hydrogen-bond acceptors (Lipinski definition) is 3. The lowest BCUT2D eigenvalue weighted by atomic mass is 10.0. The van der Waals surface area contributed by atoms with E-state index in [9.17, 15) is 9.18 Å². The third-order valence-corrected chi connectivity index (χ3v) is 3.81. The van der Waals surface area contributed by atoms with E-state index in [1.54, 1.807) is 53.4 Å². The molecule has 0 aliphatic carbocycles. The summed E-state index contributed by atoms with van der Waals surface area (Å²) in [5, 5.41) is 10.7. The van der Waals surface area contributed by atoms with Gasteiger partial charge in [-0.15, -0.1) is 10.2 Å². The number of hydrogen-bond donors (Lipinski definition) is 1. The van der Waals surface area contributed by atoms with E-state index in [-0.39, 0.29) is 17.8 Å². The fraction of sp³-hybridized carbons (Fsp3) is 0.167. The Labute approximate surface area is 139 Å². The summed E-state index contributed by atoms with van der Waals surface area (Å²) in [6.07, 6.45) is 1.58. The number of nitrogens with zero attached hydrogens (tertiary/aromatic N) is 3. The van der Waals surface area contributed by atoms with E-state index >= 15 is 0 Å². The highest BCUT2D eigenvalue weighted by Crippen LogP contribution is 2.23. The molecule has 5 nitrogen and oxygen atoms in total. The van der Waals surface area contributed by atoms with Crippen molar-refractivity contribution in [3.05, 3.63) is 72.1 Å². The Morgan fingerprint density at radius 3 is 2.50 bits per heavy atom. The average Bonchev–Trinajstić information content (AvgIpc) is 3.01. The first-order chi connectivity index (χ1) is 11.6. The van der Waals surface area contributed by atoms with E-state index in [4.69, 9.17) is 0 Å². The summed E-state index contributed by atoms with van der Waals surface area (Å²) in [7, 11) is 1.82. The second-order valence-corrected chi connectivity index (χ2v) is 5.55. The molecular formula is C18H17FN4O. The number of benzene rings is 2. The van der Waals surface area contributed by atoms with Gasteiger partial charge in [-0.2, -0.15) is 0 Å². The minimum absolute atomic E-state index is 0.217. The number of carbonyl (C=O) groups excluding carboxylic acids is 1. The maximum atomic E-state index is 13.8. The monoisotopic (exact) mass is 324 g/mol. The first-order valence-electron chi connectivity index (χ1n) is 7.56. The van der Waals surface area contributed by atoms with Crippen molar-refractivity contribution in [3.63, 3.8) is 0 Å². The highest BCUT2D eigenvalue weighted by atomic mass is 19.1. The Kier molecular flexibility index (Phi) is 4.37. The van der Waals surface area contributed by atoms with Gasteiger partial charge in [0.2, 0.25) is 0 Å². The Morgan fingerprint density at radius 2 is 1.88 bits per heavy atom. The van der Waals surface area contributed by atoms with Crippen LogP contribution in [0.2, 0.25) is 0 Å². The number of carbonyl (C=O) groups is 1. The molecule has 0 radical (unpaired) electrons. The molecule has 3 aromatic rings. The predicted octanol–water partition coefficient (Wildman–Crippen LogP) is 3.11. The first-order valence-corrected chi connectivity index (χ1v) is 7.56. The minimum Gasteiger partial charge on any atom is -0.342 e. The zero-order valence-electron chi connectivity index (χ0n) is 13.4. The largest absolute Gasteiger partial charge is 0.342 e. The highest BCUT2D eigenvalue weighted by molar-refractivity contribution is 5.94. The fourth-order valence-electron chi connectivity index (χ4n) is 2.53. The standard InChI is InChI=1S/C18H17FN4O/c1-12(17-22-20-11-23(17)2)21-18(24)14-9-7-13(8-10-14)15-5-3-4-6-16(15)19/h3-12H,1-2H3,(H,21,24)/t12-/m1/s1. The van der Waals surface area contributed by atoms with Crippen LogP contribution in [0.5, 0.6) is 0 Å². The first kappa shape index (κ1) is 15.9. The molecule has 1 amide bonds. The maximum absolute atomic E-state index is 13.8. The van der Waals surface area contributed by atoms with Gasteiger partial charge >= 0.3 is 0 Å². The quantitative estimate of drug-likeness (QED) is 0.802. The van der Waals surface area contributed by atoms with Crippen molar-refractivity contribution in [3.8, 4) is 11.1 Å². The molecule has 0 aliphatic rings. The van der Waals surface area contributed by atoms with Crippen molar-refractivity contribution in [2.24, 2.45) is 7.05 Å². The van der Waals surface area contributed by atoms with Gasteiger partial charge < -0.3 is 9.88 Å². The van der Waals surface area contributed by atoms with Crippen LogP contribution < -0.4 is 5.32 Å². The molecule has 0 spiro atoms. The molecule has 1 N–H and O–H groups in total. The van der Waals surface area contributed by atoms with E-state index in [1.807, 2.05) is 14.0 Å². The third kappa shape index (κ3) is 3.17. The van der Waals surface area contributed by atoms with Gasteiger partial charge in [0, 0.05) is 18.2 Å². The summed E-state index contributed by atoms with van der Waals surface area (Å²) in [5.41, 5.74) is 1.74. The molecule has 3 rings (SSSR count). The van der Waals surface area contributed by atoms with E-state index < -0.39 is 0 Å². The summed E-state index contributed by atoms with van der Waals surface area (Å²) in [6.45, 7) is 1.84. The minimum atomic E-state index is -0.286. The normalized spacial score (nSPS) is 12.0. The Morgan fingerprint density at radius 1 is 1.17 bits per heavy atom. The second kappa shape index (κ2) is 6.62. The van der Waals surface area contributed by atoms with E-state index in [2.05, 4.69) is 15.5 Å². The summed E-state index contributed by atoms with van der Waals surface area (Å²) in [5.74, 6) is 0.169. The van der Waals surface area contributed by atoms with Crippen LogP contribution in [0.4, 0.5) is 4.39 Å². The average molecular weight is 324 g/mol. The molecular weight excluding hydrogens is 307 g/mol. The molecule has 0 saturated heterocycles. The van der Waals surface area contributed by atoms with Crippen LogP contribution in [0.3, 0.4) is 0 Å². The van der Waals surface area contributed by atoms with Crippen molar-refractivity contribution in [1.29, 1.82) is 0 Å². The molecule has 6 heteroatoms. The number of halogens is 1. The molecule has 122 valence electrons. The molecule has 2 aromatic carbocycles. The van der Waals surface area contributed by atoms with Crippen LogP contribution in [0.1, 0.15) is 29.1 Å². The van der Waals surface area contributed by atoms with Crippen LogP contribution >= 0.6 is 0 Å². The zero-order chi connectivity index (χ0) is 17.1. The van der Waals surface area contributed by atoms with Crippen molar-refractivity contribution in [2.75, 3.05) is 0 Å². The van der Waals surface area contributed by atoms with E-state index in [0.29, 0.717) is 17.0 Å². The molecule has 0 aliphatic heterocycles. The number of aryl methyl sites for hydroxylation is 1. The van der Waals surface area contributed by atoms with Gasteiger partial charge in [0.25, 0.3) is 5.91 Å². The van der Waals surface area contributed by atoms with Gasteiger partial charge in [0.05, 0.1) is 6.04 Å². The number of amides is 1. The van der Waals surface area contributed by atoms with Crippen LogP contribution in [0, 0.1) is 5.82 Å². The van der Waals surface area contributed by atoms with Gasteiger partial charge in [-0.25, -0.2) is 4.39 Å². The van der Waals surface area contributed by atoms with Gasteiger partial charge in [-0.3, -0.25) is 4.79 Å². The number of rotatable bonds is 4. The lowest BCUT2D eigenvalue weighted by Gasteiger charge is -2.13. The molecule has 0 fully saturated rings. The summed E-state index contributed by atoms with van der Waals surface area (Å²) < 4.78 is 15.6. The summed E-state index contributed by atoms with van der Waals surface area (Å²) >= 11 is 0. The maximum Gasteiger partial charge on any atom is 0.251 e.